The van der Waals surface area contributed by atoms with E-state index in [-0.39, 0.29) is 11.6 Å². The number of carbonyl (C=O) groups is 2. The average Bonchev–Trinajstić information content (AvgIpc) is 2.86. The Morgan fingerprint density at radius 1 is 1.24 bits per heavy atom. The second-order valence-corrected chi connectivity index (χ2v) is 6.15. The molecule has 21 heavy (non-hydrogen) atoms. The van der Waals surface area contributed by atoms with E-state index in [9.17, 15) is 14.0 Å². The monoisotopic (exact) mass is 326 g/mol. The summed E-state index contributed by atoms with van der Waals surface area (Å²) in [5.41, 5.74) is 0.463. The zero-order valence-corrected chi connectivity index (χ0v) is 12.6. The number of nitrogens with zero attached hydrogens (tertiary/aromatic N) is 2. The van der Waals surface area contributed by atoms with Gasteiger partial charge in [-0.1, -0.05) is 23.1 Å². The molecule has 0 aliphatic carbocycles. The van der Waals surface area contributed by atoms with Gasteiger partial charge in [-0.3, -0.25) is 10.1 Å². The zero-order chi connectivity index (χ0) is 15.2. The maximum Gasteiger partial charge on any atom is 0.325 e. The third-order valence-corrected chi connectivity index (χ3v) is 4.24. The Balaban J connectivity index is 1.87. The van der Waals surface area contributed by atoms with Crippen LogP contribution in [-0.4, -0.2) is 27.8 Å². The molecule has 1 aromatic heterocycles. The molecule has 110 valence electrons. The number of carbonyl (C=O) groups excluding carboxylic acids is 2. The zero-order valence-electron chi connectivity index (χ0n) is 10.9. The van der Waals surface area contributed by atoms with Crippen molar-refractivity contribution in [3.8, 4) is 0 Å². The van der Waals surface area contributed by atoms with Crippen molar-refractivity contribution >= 4 is 45.7 Å². The fourth-order valence-corrected chi connectivity index (χ4v) is 2.82. The summed E-state index contributed by atoms with van der Waals surface area (Å²) < 4.78 is 13.3. The number of anilines is 2. The largest absolute Gasteiger partial charge is 0.325 e. The lowest BCUT2D eigenvalue weighted by molar-refractivity contribution is -0.114. The van der Waals surface area contributed by atoms with Crippen LogP contribution in [0.3, 0.4) is 0 Å². The molecule has 2 rings (SSSR count). The number of rotatable bonds is 5. The molecule has 0 aliphatic rings. The highest BCUT2D eigenvalue weighted by Gasteiger charge is 2.09. The normalized spacial score (nSPS) is 10.2. The van der Waals surface area contributed by atoms with Crippen LogP contribution in [-0.2, 0) is 4.79 Å². The van der Waals surface area contributed by atoms with Gasteiger partial charge in [-0.05, 0) is 31.2 Å². The van der Waals surface area contributed by atoms with E-state index in [2.05, 4.69) is 20.8 Å². The number of hydrogen-bond acceptors (Lipinski definition) is 6. The molecule has 1 heterocycles. The van der Waals surface area contributed by atoms with Crippen LogP contribution in [0.4, 0.5) is 20.0 Å². The molecule has 0 spiro atoms. The predicted molar refractivity (Wildman–Crippen MR) is 80.4 cm³/mol. The summed E-state index contributed by atoms with van der Waals surface area (Å²) in [4.78, 5) is 22.6. The van der Waals surface area contributed by atoms with Gasteiger partial charge in [0.05, 0.1) is 5.75 Å². The lowest BCUT2D eigenvalue weighted by Crippen LogP contribution is -2.19. The van der Waals surface area contributed by atoms with E-state index in [1.807, 2.05) is 0 Å². The number of benzene rings is 1. The molecule has 2 aromatic rings. The molecule has 0 fully saturated rings. The van der Waals surface area contributed by atoms with Gasteiger partial charge in [0.15, 0.2) is 4.34 Å². The summed E-state index contributed by atoms with van der Waals surface area (Å²) >= 11 is 2.44. The molecular weight excluding hydrogens is 315 g/mol. The highest BCUT2D eigenvalue weighted by Crippen LogP contribution is 2.25. The topological polar surface area (TPSA) is 84.0 Å². The Morgan fingerprint density at radius 2 is 1.95 bits per heavy atom. The second kappa shape index (κ2) is 7.14. The Morgan fingerprint density at radius 3 is 2.62 bits per heavy atom. The van der Waals surface area contributed by atoms with Gasteiger partial charge >= 0.3 is 6.03 Å². The van der Waals surface area contributed by atoms with E-state index in [1.165, 1.54) is 54.3 Å². The number of hydrogen-bond donors (Lipinski definition) is 2. The number of nitrogens with one attached hydrogen (secondary N) is 2. The average molecular weight is 326 g/mol. The van der Waals surface area contributed by atoms with Crippen molar-refractivity contribution in [2.24, 2.45) is 0 Å². The summed E-state index contributed by atoms with van der Waals surface area (Å²) in [5, 5.41) is 13.0. The second-order valence-electron chi connectivity index (χ2n) is 3.95. The van der Waals surface area contributed by atoms with Crippen LogP contribution in [0.2, 0.25) is 0 Å². The molecule has 2 amide bonds. The molecule has 0 bridgehead atoms. The number of amides is 2. The number of Topliss-reactive ketones (excluding diaryl/α,β-unsaturated/α-hetero) is 1. The summed E-state index contributed by atoms with van der Waals surface area (Å²) in [5.74, 6) is -0.0212. The molecule has 6 nitrogen and oxygen atoms in total. The highest BCUT2D eigenvalue weighted by atomic mass is 32.2. The van der Waals surface area contributed by atoms with Crippen LogP contribution in [0.5, 0.6) is 0 Å². The number of ketones is 1. The van der Waals surface area contributed by atoms with Gasteiger partial charge in [0.2, 0.25) is 5.13 Å². The first kappa shape index (κ1) is 15.4. The minimum atomic E-state index is -0.499. The molecule has 0 saturated carbocycles. The highest BCUT2D eigenvalue weighted by molar-refractivity contribution is 8.01. The van der Waals surface area contributed by atoms with E-state index >= 15 is 0 Å². The third-order valence-electron chi connectivity index (χ3n) is 2.13. The minimum absolute atomic E-state index is 0.0405. The summed E-state index contributed by atoms with van der Waals surface area (Å²) in [6, 6.07) is 4.89. The van der Waals surface area contributed by atoms with Crippen LogP contribution in [0, 0.1) is 5.82 Å². The Bertz CT molecular complexity index is 645. The summed E-state index contributed by atoms with van der Waals surface area (Å²) in [6.07, 6.45) is 0. The molecule has 0 aliphatic heterocycles. The van der Waals surface area contributed by atoms with Crippen LogP contribution in [0.15, 0.2) is 28.6 Å². The van der Waals surface area contributed by atoms with E-state index < -0.39 is 6.03 Å². The molecule has 0 unspecified atom stereocenters. The van der Waals surface area contributed by atoms with E-state index in [4.69, 9.17) is 0 Å². The van der Waals surface area contributed by atoms with Gasteiger partial charge in [-0.25, -0.2) is 9.18 Å². The SMILES string of the molecule is CC(=O)CSc1nnc(NC(=O)Nc2ccc(F)cc2)s1. The van der Waals surface area contributed by atoms with Crippen molar-refractivity contribution in [2.75, 3.05) is 16.4 Å². The van der Waals surface area contributed by atoms with Crippen LogP contribution >= 0.6 is 23.1 Å². The van der Waals surface area contributed by atoms with E-state index in [1.54, 1.807) is 0 Å². The van der Waals surface area contributed by atoms with Crippen molar-refractivity contribution in [2.45, 2.75) is 11.3 Å². The first-order chi connectivity index (χ1) is 10.0. The van der Waals surface area contributed by atoms with Crippen molar-refractivity contribution in [1.82, 2.24) is 10.2 Å². The smallest absolute Gasteiger partial charge is 0.308 e. The number of aromatic nitrogens is 2. The number of urea groups is 1. The van der Waals surface area contributed by atoms with Crippen LogP contribution in [0.1, 0.15) is 6.92 Å². The standard InChI is InChI=1S/C12H11FN4O2S2/c1-7(18)6-20-12-17-16-11(21-12)15-10(19)14-9-4-2-8(13)3-5-9/h2-5H,6H2,1H3,(H2,14,15,16,19). The molecule has 0 radical (unpaired) electrons. The van der Waals surface area contributed by atoms with Gasteiger partial charge in [0.25, 0.3) is 0 Å². The number of thioether (sulfide) groups is 1. The van der Waals surface area contributed by atoms with Gasteiger partial charge in [-0.2, -0.15) is 0 Å². The first-order valence-corrected chi connectivity index (χ1v) is 7.62. The van der Waals surface area contributed by atoms with Gasteiger partial charge < -0.3 is 5.32 Å². The fraction of sp³-hybridized carbons (Fsp3) is 0.167. The lowest BCUT2D eigenvalue weighted by Gasteiger charge is -2.04. The van der Waals surface area contributed by atoms with Crippen molar-refractivity contribution in [1.29, 1.82) is 0 Å². The van der Waals surface area contributed by atoms with Crippen molar-refractivity contribution in [3.63, 3.8) is 0 Å². The van der Waals surface area contributed by atoms with Crippen molar-refractivity contribution < 1.29 is 14.0 Å². The van der Waals surface area contributed by atoms with Crippen LogP contribution in [0.25, 0.3) is 0 Å². The van der Waals surface area contributed by atoms with Gasteiger partial charge in [-0.15, -0.1) is 10.2 Å². The summed E-state index contributed by atoms with van der Waals surface area (Å²) in [6.45, 7) is 1.49. The number of halogens is 1. The molecular formula is C12H11FN4O2S2. The maximum atomic E-state index is 12.7. The Kier molecular flexibility index (Phi) is 5.23. The first-order valence-electron chi connectivity index (χ1n) is 5.82. The summed E-state index contributed by atoms with van der Waals surface area (Å²) in [7, 11) is 0. The predicted octanol–water partition coefficient (Wildman–Crippen LogP) is 3.00. The fourth-order valence-electron chi connectivity index (χ4n) is 1.27. The molecule has 9 heteroatoms. The molecule has 1 aromatic carbocycles. The van der Waals surface area contributed by atoms with E-state index in [0.717, 1.165) is 0 Å². The third kappa shape index (κ3) is 5.12. The molecule has 0 atom stereocenters. The van der Waals surface area contributed by atoms with Gasteiger partial charge in [0, 0.05) is 5.69 Å². The lowest BCUT2D eigenvalue weighted by atomic mass is 10.3. The maximum absolute atomic E-state index is 12.7. The minimum Gasteiger partial charge on any atom is -0.308 e. The van der Waals surface area contributed by atoms with Gasteiger partial charge in [0.1, 0.15) is 11.6 Å². The van der Waals surface area contributed by atoms with Crippen molar-refractivity contribution in [3.05, 3.63) is 30.1 Å². The van der Waals surface area contributed by atoms with Crippen LogP contribution < -0.4 is 10.6 Å². The molecule has 0 saturated heterocycles. The Hall–Kier alpha value is -2.00. The Labute approximate surface area is 128 Å². The quantitative estimate of drug-likeness (QED) is 0.652. The molecule has 2 N–H and O–H groups in total. The van der Waals surface area contributed by atoms with E-state index in [0.29, 0.717) is 20.9 Å².